The molecule has 0 aliphatic heterocycles. The highest BCUT2D eigenvalue weighted by molar-refractivity contribution is 5.85. The Kier molecular flexibility index (Phi) is 4.24. The van der Waals surface area contributed by atoms with Crippen LogP contribution in [0.3, 0.4) is 0 Å². The molecule has 24 heavy (non-hydrogen) atoms. The van der Waals surface area contributed by atoms with Gasteiger partial charge in [-0.2, -0.15) is 0 Å². The van der Waals surface area contributed by atoms with Crippen LogP contribution in [0.25, 0.3) is 10.8 Å². The summed E-state index contributed by atoms with van der Waals surface area (Å²) < 4.78 is 19.5. The fourth-order valence-corrected chi connectivity index (χ4v) is 5.13. The predicted molar refractivity (Wildman–Crippen MR) is 97.0 cm³/mol. The van der Waals surface area contributed by atoms with Crippen LogP contribution in [0.2, 0.25) is 0 Å². The van der Waals surface area contributed by atoms with E-state index in [4.69, 9.17) is 4.74 Å². The highest BCUT2D eigenvalue weighted by Gasteiger charge is 2.34. The van der Waals surface area contributed by atoms with Crippen molar-refractivity contribution in [3.63, 3.8) is 0 Å². The summed E-state index contributed by atoms with van der Waals surface area (Å²) in [5, 5.41) is 1.66. The minimum absolute atomic E-state index is 0.244. The minimum atomic E-state index is -0.244. The second-order valence-corrected chi connectivity index (χ2v) is 8.01. The second kappa shape index (κ2) is 6.38. The maximum Gasteiger partial charge on any atom is 0.172 e. The van der Waals surface area contributed by atoms with E-state index in [2.05, 4.69) is 19.1 Å². The molecule has 2 heteroatoms. The molecule has 1 nitrogen and oxygen atoms in total. The largest absolute Gasteiger partial charge is 0.494 e. The summed E-state index contributed by atoms with van der Waals surface area (Å²) in [5.74, 6) is 3.50. The number of benzene rings is 2. The van der Waals surface area contributed by atoms with Crippen LogP contribution in [0, 0.1) is 23.6 Å². The number of ether oxygens (including phenoxy) is 1. The summed E-state index contributed by atoms with van der Waals surface area (Å²) in [6, 6.07) is 10.0. The van der Waals surface area contributed by atoms with E-state index in [1.54, 1.807) is 6.07 Å². The molecule has 4 rings (SSSR count). The van der Waals surface area contributed by atoms with Crippen molar-refractivity contribution in [2.45, 2.75) is 51.4 Å². The van der Waals surface area contributed by atoms with Gasteiger partial charge in [-0.15, -0.1) is 0 Å². The SMILES string of the molecule is COc1ccc2cc(C3CCC4CC(C)CCC4C3)ccc2c1F. The molecule has 4 unspecified atom stereocenters. The summed E-state index contributed by atoms with van der Waals surface area (Å²) in [4.78, 5) is 0. The third kappa shape index (κ3) is 2.81. The maximum atomic E-state index is 14.4. The van der Waals surface area contributed by atoms with Crippen LogP contribution >= 0.6 is 0 Å². The monoisotopic (exact) mass is 326 g/mol. The van der Waals surface area contributed by atoms with Crippen molar-refractivity contribution < 1.29 is 9.13 Å². The van der Waals surface area contributed by atoms with Crippen molar-refractivity contribution in [1.82, 2.24) is 0 Å². The van der Waals surface area contributed by atoms with Crippen molar-refractivity contribution in [2.75, 3.05) is 7.11 Å². The molecule has 0 radical (unpaired) electrons. The lowest BCUT2D eigenvalue weighted by Crippen LogP contribution is -2.29. The summed E-state index contributed by atoms with van der Waals surface area (Å²) in [6.07, 6.45) is 8.21. The van der Waals surface area contributed by atoms with E-state index < -0.39 is 0 Å². The quantitative estimate of drug-likeness (QED) is 0.628. The first-order valence-electron chi connectivity index (χ1n) is 9.42. The Balaban J connectivity index is 1.58. The van der Waals surface area contributed by atoms with Gasteiger partial charge in [-0.1, -0.05) is 37.6 Å². The van der Waals surface area contributed by atoms with E-state index in [0.29, 0.717) is 17.1 Å². The number of fused-ring (bicyclic) bond motifs is 2. The van der Waals surface area contributed by atoms with Gasteiger partial charge in [0.05, 0.1) is 7.11 Å². The number of hydrogen-bond donors (Lipinski definition) is 0. The summed E-state index contributed by atoms with van der Waals surface area (Å²) in [6.45, 7) is 2.41. The van der Waals surface area contributed by atoms with Crippen LogP contribution < -0.4 is 4.74 Å². The van der Waals surface area contributed by atoms with Gasteiger partial charge in [0.2, 0.25) is 0 Å². The number of hydrogen-bond acceptors (Lipinski definition) is 1. The molecule has 0 heterocycles. The van der Waals surface area contributed by atoms with Crippen LogP contribution in [0.4, 0.5) is 4.39 Å². The lowest BCUT2D eigenvalue weighted by atomic mass is 9.64. The molecular weight excluding hydrogens is 299 g/mol. The topological polar surface area (TPSA) is 9.23 Å². The van der Waals surface area contributed by atoms with Crippen molar-refractivity contribution >= 4 is 10.8 Å². The van der Waals surface area contributed by atoms with E-state index in [0.717, 1.165) is 23.1 Å². The van der Waals surface area contributed by atoms with E-state index in [-0.39, 0.29) is 5.82 Å². The summed E-state index contributed by atoms with van der Waals surface area (Å²) >= 11 is 0. The molecule has 0 amide bonds. The molecule has 2 aliphatic rings. The Morgan fingerprint density at radius 3 is 2.58 bits per heavy atom. The predicted octanol–water partition coefficient (Wildman–Crippen LogP) is 6.31. The molecule has 0 aromatic heterocycles. The Morgan fingerprint density at radius 1 is 0.958 bits per heavy atom. The van der Waals surface area contributed by atoms with Gasteiger partial charge in [-0.25, -0.2) is 4.39 Å². The zero-order valence-corrected chi connectivity index (χ0v) is 14.7. The van der Waals surface area contributed by atoms with Gasteiger partial charge < -0.3 is 4.74 Å². The summed E-state index contributed by atoms with van der Waals surface area (Å²) in [7, 11) is 1.52. The molecule has 0 spiro atoms. The van der Waals surface area contributed by atoms with Gasteiger partial charge in [-0.05, 0) is 72.8 Å². The Bertz CT molecular complexity index is 738. The zero-order valence-electron chi connectivity index (χ0n) is 14.7. The third-order valence-electron chi connectivity index (χ3n) is 6.51. The number of halogens is 1. The molecule has 2 fully saturated rings. The number of methoxy groups -OCH3 is 1. The molecule has 2 saturated carbocycles. The third-order valence-corrected chi connectivity index (χ3v) is 6.51. The molecular formula is C22H27FO. The van der Waals surface area contributed by atoms with E-state index in [1.165, 1.54) is 51.2 Å². The highest BCUT2D eigenvalue weighted by Crippen LogP contribution is 2.47. The normalized spacial score (nSPS) is 30.1. The van der Waals surface area contributed by atoms with Crippen LogP contribution in [0.5, 0.6) is 5.75 Å². The molecule has 0 bridgehead atoms. The zero-order chi connectivity index (χ0) is 16.7. The summed E-state index contributed by atoms with van der Waals surface area (Å²) in [5.41, 5.74) is 1.39. The molecule has 128 valence electrons. The molecule has 0 saturated heterocycles. The Labute approximate surface area is 144 Å². The first kappa shape index (κ1) is 15.9. The average Bonchev–Trinajstić information content (AvgIpc) is 2.61. The van der Waals surface area contributed by atoms with Crippen LogP contribution in [-0.2, 0) is 0 Å². The lowest BCUT2D eigenvalue weighted by Gasteiger charge is -2.41. The van der Waals surface area contributed by atoms with Gasteiger partial charge in [-0.3, -0.25) is 0 Å². The fraction of sp³-hybridized carbons (Fsp3) is 0.545. The van der Waals surface area contributed by atoms with Crippen molar-refractivity contribution in [3.05, 3.63) is 41.7 Å². The van der Waals surface area contributed by atoms with Gasteiger partial charge in [0.25, 0.3) is 0 Å². The average molecular weight is 326 g/mol. The molecule has 0 N–H and O–H groups in total. The van der Waals surface area contributed by atoms with Crippen molar-refractivity contribution in [1.29, 1.82) is 0 Å². The van der Waals surface area contributed by atoms with E-state index in [1.807, 2.05) is 12.1 Å². The number of rotatable bonds is 2. The minimum Gasteiger partial charge on any atom is -0.494 e. The molecule has 2 aromatic rings. The first-order valence-corrected chi connectivity index (χ1v) is 9.42. The van der Waals surface area contributed by atoms with Crippen LogP contribution in [-0.4, -0.2) is 7.11 Å². The Hall–Kier alpha value is -1.57. The van der Waals surface area contributed by atoms with Gasteiger partial charge in [0.15, 0.2) is 11.6 Å². The highest BCUT2D eigenvalue weighted by atomic mass is 19.1. The maximum absolute atomic E-state index is 14.4. The van der Waals surface area contributed by atoms with Crippen molar-refractivity contribution in [2.24, 2.45) is 17.8 Å². The molecule has 2 aromatic carbocycles. The van der Waals surface area contributed by atoms with E-state index >= 15 is 0 Å². The van der Waals surface area contributed by atoms with Gasteiger partial charge in [0, 0.05) is 5.39 Å². The molecule has 4 atom stereocenters. The Morgan fingerprint density at radius 2 is 1.75 bits per heavy atom. The lowest BCUT2D eigenvalue weighted by molar-refractivity contribution is 0.124. The second-order valence-electron chi connectivity index (χ2n) is 8.01. The van der Waals surface area contributed by atoms with Crippen LogP contribution in [0.15, 0.2) is 30.3 Å². The van der Waals surface area contributed by atoms with Gasteiger partial charge in [0.1, 0.15) is 0 Å². The van der Waals surface area contributed by atoms with Crippen LogP contribution in [0.1, 0.15) is 56.9 Å². The molecule has 2 aliphatic carbocycles. The standard InChI is InChI=1S/C22H27FO/c1-14-3-4-16-12-17(6-5-15(16)11-14)18-7-9-20-19(13-18)8-10-21(24-2)22(20)23/h7-10,13-17H,3-6,11-12H2,1-2H3. The smallest absolute Gasteiger partial charge is 0.172 e. The van der Waals surface area contributed by atoms with Gasteiger partial charge >= 0.3 is 0 Å². The van der Waals surface area contributed by atoms with Crippen molar-refractivity contribution in [3.8, 4) is 5.75 Å². The first-order chi connectivity index (χ1) is 11.7. The fourth-order valence-electron chi connectivity index (χ4n) is 5.13. The van der Waals surface area contributed by atoms with E-state index in [9.17, 15) is 4.39 Å².